The summed E-state index contributed by atoms with van der Waals surface area (Å²) < 4.78 is 5.51. The SMILES string of the molecule is O=C(NCCc1ccccc1)c1cnc(-c2ccccc2)o1. The van der Waals surface area contributed by atoms with E-state index >= 15 is 0 Å². The number of hydrogen-bond acceptors (Lipinski definition) is 3. The fourth-order valence-corrected chi connectivity index (χ4v) is 2.15. The lowest BCUT2D eigenvalue weighted by Gasteiger charge is -2.03. The van der Waals surface area contributed by atoms with Crippen molar-refractivity contribution in [2.75, 3.05) is 6.54 Å². The van der Waals surface area contributed by atoms with Gasteiger partial charge in [0.15, 0.2) is 0 Å². The Labute approximate surface area is 128 Å². The molecule has 0 aliphatic carbocycles. The molecule has 0 unspecified atom stereocenters. The minimum absolute atomic E-state index is 0.229. The molecule has 1 N–H and O–H groups in total. The van der Waals surface area contributed by atoms with E-state index in [4.69, 9.17) is 4.42 Å². The van der Waals surface area contributed by atoms with Crippen molar-refractivity contribution in [3.63, 3.8) is 0 Å². The third-order valence-corrected chi connectivity index (χ3v) is 3.29. The van der Waals surface area contributed by atoms with Crippen LogP contribution in [0, 0.1) is 0 Å². The third kappa shape index (κ3) is 3.41. The number of rotatable bonds is 5. The van der Waals surface area contributed by atoms with Gasteiger partial charge < -0.3 is 9.73 Å². The standard InChI is InChI=1S/C18H16N2O2/c21-17(19-12-11-14-7-3-1-4-8-14)16-13-20-18(22-16)15-9-5-2-6-10-15/h1-10,13H,11-12H2,(H,19,21). The van der Waals surface area contributed by atoms with Crippen LogP contribution in [0.2, 0.25) is 0 Å². The zero-order valence-corrected chi connectivity index (χ0v) is 12.0. The van der Waals surface area contributed by atoms with Crippen molar-refractivity contribution in [2.24, 2.45) is 0 Å². The molecule has 0 bridgehead atoms. The smallest absolute Gasteiger partial charge is 0.288 e. The van der Waals surface area contributed by atoms with Crippen molar-refractivity contribution in [3.05, 3.63) is 78.2 Å². The highest BCUT2D eigenvalue weighted by Gasteiger charge is 2.12. The van der Waals surface area contributed by atoms with Gasteiger partial charge in [-0.1, -0.05) is 48.5 Å². The summed E-state index contributed by atoms with van der Waals surface area (Å²) in [5.74, 6) is 0.436. The second-order valence-corrected chi connectivity index (χ2v) is 4.89. The Bertz CT molecular complexity index is 736. The van der Waals surface area contributed by atoms with Crippen LogP contribution in [0.4, 0.5) is 0 Å². The van der Waals surface area contributed by atoms with Crippen LogP contribution in [0.3, 0.4) is 0 Å². The second kappa shape index (κ2) is 6.72. The Hall–Kier alpha value is -2.88. The fraction of sp³-hybridized carbons (Fsp3) is 0.111. The Kier molecular flexibility index (Phi) is 4.30. The van der Waals surface area contributed by atoms with Crippen LogP contribution >= 0.6 is 0 Å². The highest BCUT2D eigenvalue weighted by molar-refractivity contribution is 5.91. The molecular formula is C18H16N2O2. The summed E-state index contributed by atoms with van der Waals surface area (Å²) >= 11 is 0. The van der Waals surface area contributed by atoms with E-state index in [2.05, 4.69) is 10.3 Å². The third-order valence-electron chi connectivity index (χ3n) is 3.29. The summed E-state index contributed by atoms with van der Waals surface area (Å²) in [5, 5.41) is 2.84. The molecule has 0 spiro atoms. The summed E-state index contributed by atoms with van der Waals surface area (Å²) in [6, 6.07) is 19.5. The van der Waals surface area contributed by atoms with Crippen molar-refractivity contribution >= 4 is 5.91 Å². The van der Waals surface area contributed by atoms with E-state index in [9.17, 15) is 4.79 Å². The molecule has 22 heavy (non-hydrogen) atoms. The van der Waals surface area contributed by atoms with Crippen molar-refractivity contribution < 1.29 is 9.21 Å². The molecule has 1 heterocycles. The molecular weight excluding hydrogens is 276 g/mol. The van der Waals surface area contributed by atoms with Gasteiger partial charge >= 0.3 is 0 Å². The molecule has 0 aliphatic rings. The summed E-state index contributed by atoms with van der Waals surface area (Å²) in [5.41, 5.74) is 2.04. The number of aromatic nitrogens is 1. The molecule has 4 heteroatoms. The normalized spacial score (nSPS) is 10.4. The number of benzene rings is 2. The quantitative estimate of drug-likeness (QED) is 0.785. The molecule has 0 aliphatic heterocycles. The van der Waals surface area contributed by atoms with Gasteiger partial charge in [-0.2, -0.15) is 0 Å². The lowest BCUT2D eigenvalue weighted by Crippen LogP contribution is -2.25. The number of hydrogen-bond donors (Lipinski definition) is 1. The van der Waals surface area contributed by atoms with Crippen LogP contribution in [0.5, 0.6) is 0 Å². The van der Waals surface area contributed by atoms with Crippen molar-refractivity contribution in [1.82, 2.24) is 10.3 Å². The number of oxazole rings is 1. The van der Waals surface area contributed by atoms with Crippen LogP contribution < -0.4 is 5.32 Å². The predicted molar refractivity (Wildman–Crippen MR) is 84.4 cm³/mol. The van der Waals surface area contributed by atoms with E-state index in [0.717, 1.165) is 12.0 Å². The number of carbonyl (C=O) groups excluding carboxylic acids is 1. The van der Waals surface area contributed by atoms with Gasteiger partial charge in [0.2, 0.25) is 11.7 Å². The summed E-state index contributed by atoms with van der Waals surface area (Å²) in [7, 11) is 0. The first kappa shape index (κ1) is 14.1. The van der Waals surface area contributed by atoms with Crippen molar-refractivity contribution in [3.8, 4) is 11.5 Å². The average molecular weight is 292 g/mol. The Morgan fingerprint density at radius 1 is 1.00 bits per heavy atom. The fourth-order valence-electron chi connectivity index (χ4n) is 2.15. The highest BCUT2D eigenvalue weighted by Crippen LogP contribution is 2.18. The number of amides is 1. The van der Waals surface area contributed by atoms with Gasteiger partial charge in [0, 0.05) is 12.1 Å². The topological polar surface area (TPSA) is 55.1 Å². The van der Waals surface area contributed by atoms with Crippen LogP contribution in [-0.4, -0.2) is 17.4 Å². The van der Waals surface area contributed by atoms with Crippen LogP contribution in [0.25, 0.3) is 11.5 Å². The van der Waals surface area contributed by atoms with Crippen LogP contribution in [0.15, 0.2) is 71.3 Å². The van der Waals surface area contributed by atoms with Gasteiger partial charge in [0.05, 0.1) is 6.20 Å². The van der Waals surface area contributed by atoms with E-state index in [1.807, 2.05) is 60.7 Å². The molecule has 2 aromatic carbocycles. The highest BCUT2D eigenvalue weighted by atomic mass is 16.4. The van der Waals surface area contributed by atoms with Crippen LogP contribution in [-0.2, 0) is 6.42 Å². The molecule has 0 fully saturated rings. The number of carbonyl (C=O) groups is 1. The first-order valence-corrected chi connectivity index (χ1v) is 7.16. The Balaban J connectivity index is 1.58. The molecule has 110 valence electrons. The summed E-state index contributed by atoms with van der Waals surface area (Å²) in [6.45, 7) is 0.560. The zero-order valence-electron chi connectivity index (χ0n) is 12.0. The maximum Gasteiger partial charge on any atom is 0.288 e. The summed E-state index contributed by atoms with van der Waals surface area (Å²) in [4.78, 5) is 16.2. The minimum Gasteiger partial charge on any atom is -0.431 e. The molecule has 1 amide bonds. The van der Waals surface area contributed by atoms with Gasteiger partial charge in [-0.3, -0.25) is 4.79 Å². The zero-order chi connectivity index (χ0) is 15.2. The first-order chi connectivity index (χ1) is 10.8. The molecule has 0 radical (unpaired) electrons. The van der Waals surface area contributed by atoms with E-state index in [0.29, 0.717) is 12.4 Å². The lowest BCUT2D eigenvalue weighted by molar-refractivity contribution is 0.0927. The number of nitrogens with one attached hydrogen (secondary N) is 1. The van der Waals surface area contributed by atoms with Crippen LogP contribution in [0.1, 0.15) is 16.1 Å². The van der Waals surface area contributed by atoms with E-state index in [1.54, 1.807) is 0 Å². The molecule has 3 aromatic rings. The van der Waals surface area contributed by atoms with E-state index in [-0.39, 0.29) is 11.7 Å². The Morgan fingerprint density at radius 2 is 1.68 bits per heavy atom. The van der Waals surface area contributed by atoms with Crippen molar-refractivity contribution in [2.45, 2.75) is 6.42 Å². The van der Waals surface area contributed by atoms with Gasteiger partial charge in [0.1, 0.15) is 0 Å². The van der Waals surface area contributed by atoms with Gasteiger partial charge in [-0.25, -0.2) is 4.98 Å². The largest absolute Gasteiger partial charge is 0.431 e. The number of nitrogens with zero attached hydrogens (tertiary/aromatic N) is 1. The maximum absolute atomic E-state index is 12.0. The predicted octanol–water partition coefficient (Wildman–Crippen LogP) is 3.31. The van der Waals surface area contributed by atoms with Gasteiger partial charge in [0.25, 0.3) is 5.91 Å². The Morgan fingerprint density at radius 3 is 2.41 bits per heavy atom. The maximum atomic E-state index is 12.0. The van der Waals surface area contributed by atoms with Gasteiger partial charge in [-0.15, -0.1) is 0 Å². The first-order valence-electron chi connectivity index (χ1n) is 7.16. The lowest BCUT2D eigenvalue weighted by atomic mass is 10.1. The minimum atomic E-state index is -0.245. The van der Waals surface area contributed by atoms with Gasteiger partial charge in [-0.05, 0) is 24.1 Å². The molecule has 4 nitrogen and oxygen atoms in total. The summed E-state index contributed by atoms with van der Waals surface area (Å²) in [6.07, 6.45) is 2.24. The van der Waals surface area contributed by atoms with E-state index in [1.165, 1.54) is 11.8 Å². The molecule has 1 aromatic heterocycles. The molecule has 0 saturated carbocycles. The van der Waals surface area contributed by atoms with Crippen molar-refractivity contribution in [1.29, 1.82) is 0 Å². The molecule has 3 rings (SSSR count). The molecule has 0 atom stereocenters. The average Bonchev–Trinajstić information content (AvgIpc) is 3.07. The van der Waals surface area contributed by atoms with E-state index < -0.39 is 0 Å². The second-order valence-electron chi connectivity index (χ2n) is 4.89. The monoisotopic (exact) mass is 292 g/mol. The molecule has 0 saturated heterocycles.